The normalized spacial score (nSPS) is 12.9. The zero-order chi connectivity index (χ0) is 15.0. The van der Waals surface area contributed by atoms with E-state index in [-0.39, 0.29) is 16.3 Å². The first kappa shape index (κ1) is 19.8. The molecule has 0 aromatic heterocycles. The Morgan fingerprint density at radius 3 is 1.05 bits per heavy atom. The van der Waals surface area contributed by atoms with Crippen molar-refractivity contribution in [2.24, 2.45) is 0 Å². The summed E-state index contributed by atoms with van der Waals surface area (Å²) < 4.78 is 12.1. The Hall–Kier alpha value is 0.780. The van der Waals surface area contributed by atoms with Crippen LogP contribution in [0.1, 0.15) is 61.8 Å². The summed E-state index contributed by atoms with van der Waals surface area (Å²) in [5, 5.41) is 0. The molecule has 0 bridgehead atoms. The van der Waals surface area contributed by atoms with Gasteiger partial charge in [-0.1, -0.05) is 55.4 Å². The van der Waals surface area contributed by atoms with Crippen molar-refractivity contribution in [1.82, 2.24) is 0 Å². The van der Waals surface area contributed by atoms with Crippen molar-refractivity contribution in [3.8, 4) is 0 Å². The Labute approximate surface area is 123 Å². The lowest BCUT2D eigenvalue weighted by molar-refractivity contribution is 0.270. The molecule has 0 aromatic carbocycles. The van der Waals surface area contributed by atoms with E-state index in [0.717, 1.165) is 19.6 Å². The predicted octanol–water partition coefficient (Wildman–Crippen LogP) is 5.84. The van der Waals surface area contributed by atoms with Crippen molar-refractivity contribution in [2.45, 2.75) is 84.4 Å². The molecule has 0 N–H and O–H groups in total. The highest BCUT2D eigenvalue weighted by atomic mass is 31.1. The lowest BCUT2D eigenvalue weighted by atomic mass is 10.5. The van der Waals surface area contributed by atoms with E-state index in [1.165, 1.54) is 0 Å². The first-order valence-corrected chi connectivity index (χ1v) is 10.4. The smallest absolute Gasteiger partial charge is 0.0531 e. The minimum Gasteiger partial charge on any atom is -0.359 e. The molecule has 0 aliphatic heterocycles. The van der Waals surface area contributed by atoms with Crippen molar-refractivity contribution in [1.29, 1.82) is 0 Å². The second kappa shape index (κ2) is 10.5. The lowest BCUT2D eigenvalue weighted by Gasteiger charge is -2.26. The van der Waals surface area contributed by atoms with Gasteiger partial charge in [0.15, 0.2) is 0 Å². The van der Waals surface area contributed by atoms with Gasteiger partial charge in [0.2, 0.25) is 0 Å². The SMILES string of the molecule is CC(C)P(OCCCOP(C(C)C)C(C)C)C(C)C. The van der Waals surface area contributed by atoms with Crippen LogP contribution in [0.5, 0.6) is 0 Å². The lowest BCUT2D eigenvalue weighted by Crippen LogP contribution is -2.10. The van der Waals surface area contributed by atoms with Gasteiger partial charge < -0.3 is 9.05 Å². The maximum absolute atomic E-state index is 6.06. The molecule has 116 valence electrons. The Morgan fingerprint density at radius 1 is 0.579 bits per heavy atom. The van der Waals surface area contributed by atoms with Crippen LogP contribution in [0.15, 0.2) is 0 Å². The molecule has 0 aliphatic carbocycles. The minimum absolute atomic E-state index is 0.286. The van der Waals surface area contributed by atoms with Crippen molar-refractivity contribution < 1.29 is 9.05 Å². The van der Waals surface area contributed by atoms with Crippen LogP contribution in [-0.4, -0.2) is 35.8 Å². The third-order valence-corrected chi connectivity index (χ3v) is 7.84. The average Bonchev–Trinajstić information content (AvgIpc) is 2.25. The third-order valence-electron chi connectivity index (χ3n) is 2.81. The summed E-state index contributed by atoms with van der Waals surface area (Å²) in [4.78, 5) is 0. The molecule has 0 heterocycles. The Bertz CT molecular complexity index is 180. The summed E-state index contributed by atoms with van der Waals surface area (Å²) >= 11 is 0. The van der Waals surface area contributed by atoms with Gasteiger partial charge in [0.1, 0.15) is 0 Å². The average molecular weight is 308 g/mol. The molecular formula is C15H34O2P2. The molecule has 0 spiro atoms. The fourth-order valence-electron chi connectivity index (χ4n) is 2.19. The van der Waals surface area contributed by atoms with E-state index in [4.69, 9.17) is 9.05 Å². The molecule has 0 atom stereocenters. The highest BCUT2D eigenvalue weighted by Gasteiger charge is 2.19. The first-order valence-electron chi connectivity index (χ1n) is 7.59. The minimum atomic E-state index is -0.286. The molecule has 0 fully saturated rings. The molecule has 0 saturated carbocycles. The number of hydrogen-bond acceptors (Lipinski definition) is 2. The van der Waals surface area contributed by atoms with Crippen molar-refractivity contribution in [2.75, 3.05) is 13.2 Å². The van der Waals surface area contributed by atoms with Crippen LogP contribution in [0.25, 0.3) is 0 Å². The van der Waals surface area contributed by atoms with Crippen LogP contribution in [0, 0.1) is 0 Å². The molecule has 0 aliphatic rings. The molecule has 0 aromatic rings. The maximum Gasteiger partial charge on any atom is 0.0531 e. The fraction of sp³-hybridized carbons (Fsp3) is 1.00. The van der Waals surface area contributed by atoms with E-state index < -0.39 is 0 Å². The van der Waals surface area contributed by atoms with Gasteiger partial charge >= 0.3 is 0 Å². The quantitative estimate of drug-likeness (QED) is 0.373. The topological polar surface area (TPSA) is 18.5 Å². The Kier molecular flexibility index (Phi) is 10.9. The summed E-state index contributed by atoms with van der Waals surface area (Å²) in [5.41, 5.74) is 2.61. The Balaban J connectivity index is 3.85. The molecule has 0 rings (SSSR count). The molecule has 0 unspecified atom stereocenters. The van der Waals surface area contributed by atoms with Crippen LogP contribution >= 0.6 is 16.3 Å². The Morgan fingerprint density at radius 2 is 0.842 bits per heavy atom. The zero-order valence-corrected chi connectivity index (χ0v) is 15.9. The van der Waals surface area contributed by atoms with Gasteiger partial charge in [0.25, 0.3) is 0 Å². The largest absolute Gasteiger partial charge is 0.359 e. The molecule has 0 amide bonds. The summed E-state index contributed by atoms with van der Waals surface area (Å²) in [6.45, 7) is 19.8. The molecule has 0 saturated heterocycles. The molecule has 19 heavy (non-hydrogen) atoms. The number of rotatable bonds is 10. The number of hydrogen-bond donors (Lipinski definition) is 0. The van der Waals surface area contributed by atoms with E-state index in [2.05, 4.69) is 55.4 Å². The second-order valence-corrected chi connectivity index (χ2v) is 12.2. The zero-order valence-electron chi connectivity index (χ0n) is 14.1. The highest BCUT2D eigenvalue weighted by Crippen LogP contribution is 2.48. The van der Waals surface area contributed by atoms with Crippen LogP contribution < -0.4 is 0 Å². The summed E-state index contributed by atoms with van der Waals surface area (Å²) in [5.74, 6) is 0. The van der Waals surface area contributed by atoms with Gasteiger partial charge in [-0.2, -0.15) is 0 Å². The summed E-state index contributed by atoms with van der Waals surface area (Å²) in [6.07, 6.45) is 1.02. The van der Waals surface area contributed by atoms with Crippen molar-refractivity contribution in [3.63, 3.8) is 0 Å². The van der Waals surface area contributed by atoms with Crippen molar-refractivity contribution in [3.05, 3.63) is 0 Å². The standard InChI is InChI=1S/C15H34O2P2/c1-12(2)18(13(3)4)16-10-9-11-17-19(14(5)6)15(7)8/h12-15H,9-11H2,1-8H3. The van der Waals surface area contributed by atoms with Gasteiger partial charge in [-0.3, -0.25) is 0 Å². The predicted molar refractivity (Wildman–Crippen MR) is 90.9 cm³/mol. The van der Waals surface area contributed by atoms with Gasteiger partial charge in [-0.15, -0.1) is 0 Å². The van der Waals surface area contributed by atoms with Gasteiger partial charge in [-0.05, 0) is 29.1 Å². The van der Waals surface area contributed by atoms with Crippen LogP contribution in [0.4, 0.5) is 0 Å². The van der Waals surface area contributed by atoms with Gasteiger partial charge in [0, 0.05) is 16.3 Å². The van der Waals surface area contributed by atoms with Gasteiger partial charge in [0.05, 0.1) is 13.2 Å². The van der Waals surface area contributed by atoms with Crippen LogP contribution in [0.2, 0.25) is 0 Å². The summed E-state index contributed by atoms with van der Waals surface area (Å²) in [6, 6.07) is 0. The van der Waals surface area contributed by atoms with E-state index in [1.54, 1.807) is 0 Å². The summed E-state index contributed by atoms with van der Waals surface area (Å²) in [7, 11) is -0.572. The first-order chi connectivity index (χ1) is 8.77. The molecular weight excluding hydrogens is 274 g/mol. The monoisotopic (exact) mass is 308 g/mol. The molecule has 4 heteroatoms. The highest BCUT2D eigenvalue weighted by molar-refractivity contribution is 7.54. The van der Waals surface area contributed by atoms with Crippen LogP contribution in [0.3, 0.4) is 0 Å². The van der Waals surface area contributed by atoms with Crippen LogP contribution in [-0.2, 0) is 9.05 Å². The van der Waals surface area contributed by atoms with Crippen molar-refractivity contribution >= 4 is 16.3 Å². The fourth-order valence-corrected chi connectivity index (χ4v) is 6.45. The third kappa shape index (κ3) is 8.61. The van der Waals surface area contributed by atoms with E-state index >= 15 is 0 Å². The van der Waals surface area contributed by atoms with Gasteiger partial charge in [-0.25, -0.2) is 0 Å². The van der Waals surface area contributed by atoms with E-state index in [1.807, 2.05) is 0 Å². The van der Waals surface area contributed by atoms with E-state index in [9.17, 15) is 0 Å². The maximum atomic E-state index is 6.06. The molecule has 0 radical (unpaired) electrons. The second-order valence-electron chi connectivity index (χ2n) is 6.11. The van der Waals surface area contributed by atoms with E-state index in [0.29, 0.717) is 22.6 Å². The molecule has 2 nitrogen and oxygen atoms in total.